The Morgan fingerprint density at radius 1 is 1.21 bits per heavy atom. The van der Waals surface area contributed by atoms with Gasteiger partial charge in [-0.2, -0.15) is 11.8 Å². The van der Waals surface area contributed by atoms with Crippen molar-refractivity contribution in [3.8, 4) is 0 Å². The molecule has 1 amide bonds. The quantitative estimate of drug-likeness (QED) is 0.456. The van der Waals surface area contributed by atoms with Gasteiger partial charge in [0.25, 0.3) is 0 Å². The van der Waals surface area contributed by atoms with Gasteiger partial charge in [-0.05, 0) is 74.0 Å². The zero-order valence-electron chi connectivity index (χ0n) is 17.2. The van der Waals surface area contributed by atoms with Crippen LogP contribution in [0.4, 0.5) is 11.4 Å². The van der Waals surface area contributed by atoms with Crippen molar-refractivity contribution in [2.75, 3.05) is 29.1 Å². The van der Waals surface area contributed by atoms with Gasteiger partial charge in [0, 0.05) is 36.6 Å². The van der Waals surface area contributed by atoms with Crippen LogP contribution in [0.5, 0.6) is 0 Å². The SMILES string of the molecule is Cc1cccc(CSCCCNC(=S)Nc2ccc(N3CCCC3=O)c(C)c2)c1. The zero-order valence-corrected chi connectivity index (χ0v) is 18.8. The maximum absolute atomic E-state index is 12.0. The Hall–Kier alpha value is -2.05. The second-order valence-electron chi connectivity index (χ2n) is 7.43. The summed E-state index contributed by atoms with van der Waals surface area (Å²) >= 11 is 7.36. The van der Waals surface area contributed by atoms with Gasteiger partial charge in [0.1, 0.15) is 0 Å². The van der Waals surface area contributed by atoms with Crippen LogP contribution in [0.25, 0.3) is 0 Å². The minimum Gasteiger partial charge on any atom is -0.362 e. The highest BCUT2D eigenvalue weighted by Gasteiger charge is 2.22. The summed E-state index contributed by atoms with van der Waals surface area (Å²) in [5.41, 5.74) is 5.73. The Morgan fingerprint density at radius 2 is 2.07 bits per heavy atom. The van der Waals surface area contributed by atoms with E-state index < -0.39 is 0 Å². The fourth-order valence-corrected chi connectivity index (χ4v) is 4.61. The summed E-state index contributed by atoms with van der Waals surface area (Å²) in [6.45, 7) is 5.83. The van der Waals surface area contributed by atoms with Crippen LogP contribution in [0.1, 0.15) is 36.0 Å². The lowest BCUT2D eigenvalue weighted by Gasteiger charge is -2.19. The summed E-state index contributed by atoms with van der Waals surface area (Å²) in [4.78, 5) is 13.8. The largest absolute Gasteiger partial charge is 0.362 e. The Bertz CT molecular complexity index is 869. The monoisotopic (exact) mass is 427 g/mol. The number of nitrogens with zero attached hydrogens (tertiary/aromatic N) is 1. The van der Waals surface area contributed by atoms with Gasteiger partial charge in [-0.25, -0.2) is 0 Å². The van der Waals surface area contributed by atoms with Gasteiger partial charge < -0.3 is 15.5 Å². The summed E-state index contributed by atoms with van der Waals surface area (Å²) < 4.78 is 0. The standard InChI is InChI=1S/C23H29N3OS2/c1-17-6-3-7-19(14-17)16-29-13-5-11-24-23(28)25-20-9-10-21(18(2)15-20)26-12-4-8-22(26)27/h3,6-7,9-10,14-15H,4-5,8,11-13,16H2,1-2H3,(H2,24,25,28). The first kappa shape index (κ1) is 21.7. The molecular weight excluding hydrogens is 398 g/mol. The van der Waals surface area contributed by atoms with E-state index in [0.29, 0.717) is 11.5 Å². The second-order valence-corrected chi connectivity index (χ2v) is 8.94. The molecule has 2 N–H and O–H groups in total. The van der Waals surface area contributed by atoms with Crippen molar-refractivity contribution in [1.29, 1.82) is 0 Å². The maximum atomic E-state index is 12.0. The lowest BCUT2D eigenvalue weighted by molar-refractivity contribution is -0.117. The fourth-order valence-electron chi connectivity index (χ4n) is 3.48. The Kier molecular flexibility index (Phi) is 7.95. The van der Waals surface area contributed by atoms with Gasteiger partial charge in [0.05, 0.1) is 0 Å². The molecule has 4 nitrogen and oxygen atoms in total. The molecule has 0 radical (unpaired) electrons. The molecular formula is C23H29N3OS2. The first-order valence-corrected chi connectivity index (χ1v) is 11.7. The van der Waals surface area contributed by atoms with Crippen molar-refractivity contribution in [2.45, 2.75) is 38.9 Å². The normalized spacial score (nSPS) is 13.6. The van der Waals surface area contributed by atoms with Crippen molar-refractivity contribution in [3.05, 3.63) is 59.2 Å². The molecule has 0 unspecified atom stereocenters. The van der Waals surface area contributed by atoms with Gasteiger partial charge in [-0.15, -0.1) is 0 Å². The molecule has 3 rings (SSSR count). The summed E-state index contributed by atoms with van der Waals surface area (Å²) in [5.74, 6) is 2.36. The van der Waals surface area contributed by atoms with Gasteiger partial charge in [0.2, 0.25) is 5.91 Å². The average Bonchev–Trinajstić information content (AvgIpc) is 3.10. The molecule has 1 fully saturated rings. The van der Waals surface area contributed by atoms with E-state index in [1.807, 2.05) is 41.8 Å². The van der Waals surface area contributed by atoms with E-state index in [1.54, 1.807) is 0 Å². The van der Waals surface area contributed by atoms with Crippen molar-refractivity contribution in [1.82, 2.24) is 5.32 Å². The topological polar surface area (TPSA) is 44.4 Å². The maximum Gasteiger partial charge on any atom is 0.227 e. The summed E-state index contributed by atoms with van der Waals surface area (Å²) in [5, 5.41) is 7.16. The number of thioether (sulfide) groups is 1. The summed E-state index contributed by atoms with van der Waals surface area (Å²) in [7, 11) is 0. The van der Waals surface area contributed by atoms with Crippen LogP contribution in [0.2, 0.25) is 0 Å². The lowest BCUT2D eigenvalue weighted by atomic mass is 10.1. The minimum absolute atomic E-state index is 0.214. The molecule has 1 aliphatic rings. The van der Waals surface area contributed by atoms with E-state index in [4.69, 9.17) is 12.2 Å². The van der Waals surface area contributed by atoms with Crippen LogP contribution < -0.4 is 15.5 Å². The van der Waals surface area contributed by atoms with Crippen molar-refractivity contribution in [3.63, 3.8) is 0 Å². The van der Waals surface area contributed by atoms with E-state index in [1.165, 1.54) is 11.1 Å². The van der Waals surface area contributed by atoms with Crippen LogP contribution >= 0.6 is 24.0 Å². The smallest absolute Gasteiger partial charge is 0.227 e. The molecule has 29 heavy (non-hydrogen) atoms. The fraction of sp³-hybridized carbons (Fsp3) is 0.391. The number of thiocarbonyl (C=S) groups is 1. The summed E-state index contributed by atoms with van der Waals surface area (Å²) in [6.07, 6.45) is 2.65. The number of nitrogens with one attached hydrogen (secondary N) is 2. The molecule has 154 valence electrons. The van der Waals surface area contributed by atoms with E-state index in [-0.39, 0.29) is 5.91 Å². The first-order chi connectivity index (χ1) is 14.0. The molecule has 0 aromatic heterocycles. The molecule has 1 aliphatic heterocycles. The number of carbonyl (C=O) groups is 1. The molecule has 0 spiro atoms. The van der Waals surface area contributed by atoms with Crippen molar-refractivity contribution in [2.24, 2.45) is 0 Å². The average molecular weight is 428 g/mol. The predicted molar refractivity (Wildman–Crippen MR) is 129 cm³/mol. The zero-order chi connectivity index (χ0) is 20.6. The third kappa shape index (κ3) is 6.47. The van der Waals surface area contributed by atoms with E-state index in [9.17, 15) is 4.79 Å². The predicted octanol–water partition coefficient (Wildman–Crippen LogP) is 5.04. The third-order valence-electron chi connectivity index (χ3n) is 4.92. The molecule has 1 saturated heterocycles. The highest BCUT2D eigenvalue weighted by atomic mass is 32.2. The summed E-state index contributed by atoms with van der Waals surface area (Å²) in [6, 6.07) is 14.7. The molecule has 6 heteroatoms. The van der Waals surface area contributed by atoms with E-state index in [0.717, 1.165) is 54.4 Å². The highest BCUT2D eigenvalue weighted by molar-refractivity contribution is 7.98. The number of amides is 1. The van der Waals surface area contributed by atoms with Gasteiger partial charge in [-0.1, -0.05) is 29.8 Å². The number of carbonyl (C=O) groups excluding carboxylic acids is 1. The van der Waals surface area contributed by atoms with Crippen LogP contribution in [-0.4, -0.2) is 29.9 Å². The minimum atomic E-state index is 0.214. The Labute approximate surface area is 183 Å². The molecule has 0 bridgehead atoms. The first-order valence-electron chi connectivity index (χ1n) is 10.1. The van der Waals surface area contributed by atoms with Gasteiger partial charge >= 0.3 is 0 Å². The Balaban J connectivity index is 1.36. The van der Waals surface area contributed by atoms with Crippen molar-refractivity contribution >= 4 is 46.4 Å². The molecule has 0 atom stereocenters. The van der Waals surface area contributed by atoms with E-state index in [2.05, 4.69) is 41.8 Å². The molecule has 1 heterocycles. The number of rotatable bonds is 8. The number of anilines is 2. The van der Waals surface area contributed by atoms with Crippen LogP contribution in [0.15, 0.2) is 42.5 Å². The van der Waals surface area contributed by atoms with Crippen molar-refractivity contribution < 1.29 is 4.79 Å². The van der Waals surface area contributed by atoms with Crippen LogP contribution in [0.3, 0.4) is 0 Å². The van der Waals surface area contributed by atoms with E-state index >= 15 is 0 Å². The second kappa shape index (κ2) is 10.6. The highest BCUT2D eigenvalue weighted by Crippen LogP contribution is 2.27. The number of hydrogen-bond donors (Lipinski definition) is 2. The molecule has 0 saturated carbocycles. The van der Waals surface area contributed by atoms with Gasteiger partial charge in [0.15, 0.2) is 5.11 Å². The molecule has 2 aromatic rings. The number of hydrogen-bond acceptors (Lipinski definition) is 3. The number of aryl methyl sites for hydroxylation is 2. The number of benzene rings is 2. The molecule has 0 aliphatic carbocycles. The van der Waals surface area contributed by atoms with Crippen LogP contribution in [0, 0.1) is 13.8 Å². The van der Waals surface area contributed by atoms with Gasteiger partial charge in [-0.3, -0.25) is 4.79 Å². The Morgan fingerprint density at radius 3 is 2.79 bits per heavy atom. The van der Waals surface area contributed by atoms with Crippen LogP contribution in [-0.2, 0) is 10.5 Å². The lowest BCUT2D eigenvalue weighted by Crippen LogP contribution is -2.29. The third-order valence-corrected chi connectivity index (χ3v) is 6.28. The molecule has 2 aromatic carbocycles.